The summed E-state index contributed by atoms with van der Waals surface area (Å²) in [6, 6.07) is 11.3. The fourth-order valence-electron chi connectivity index (χ4n) is 4.74. The molecular formula is C27H33FN4O3. The van der Waals surface area contributed by atoms with Crippen LogP contribution in [0.3, 0.4) is 0 Å². The number of nitrogens with one attached hydrogen (secondary N) is 1. The molecule has 7 nitrogen and oxygen atoms in total. The normalized spacial score (nSPS) is 16.6. The lowest BCUT2D eigenvalue weighted by Crippen LogP contribution is -2.38. The summed E-state index contributed by atoms with van der Waals surface area (Å²) in [7, 11) is 0. The molecule has 0 aromatic heterocycles. The van der Waals surface area contributed by atoms with E-state index in [-0.39, 0.29) is 17.7 Å². The second-order valence-electron chi connectivity index (χ2n) is 9.13. The van der Waals surface area contributed by atoms with Crippen molar-refractivity contribution in [1.82, 2.24) is 9.80 Å². The molecular weight excluding hydrogens is 447 g/mol. The van der Waals surface area contributed by atoms with Crippen molar-refractivity contribution in [3.8, 4) is 0 Å². The predicted molar refractivity (Wildman–Crippen MR) is 134 cm³/mol. The van der Waals surface area contributed by atoms with Crippen LogP contribution < -0.4 is 10.2 Å². The number of hydrogen-bond acceptors (Lipinski definition) is 4. The molecule has 0 aliphatic carbocycles. The SMILES string of the molecule is CCC(=O)Nc1ccc(N2CCCN(C(=O)c3cccc(F)c3)CC2)c(C(=O)N2CCCCC2)c1. The zero-order valence-electron chi connectivity index (χ0n) is 20.3. The zero-order valence-corrected chi connectivity index (χ0v) is 20.3. The van der Waals surface area contributed by atoms with Gasteiger partial charge in [0.25, 0.3) is 11.8 Å². The van der Waals surface area contributed by atoms with Gasteiger partial charge in [0.1, 0.15) is 5.82 Å². The Morgan fingerprint density at radius 2 is 1.57 bits per heavy atom. The number of carbonyl (C=O) groups is 3. The fourth-order valence-corrected chi connectivity index (χ4v) is 4.74. The van der Waals surface area contributed by atoms with E-state index in [1.165, 1.54) is 12.1 Å². The maximum Gasteiger partial charge on any atom is 0.256 e. The van der Waals surface area contributed by atoms with Gasteiger partial charge in [-0.15, -0.1) is 0 Å². The smallest absolute Gasteiger partial charge is 0.256 e. The highest BCUT2D eigenvalue weighted by Crippen LogP contribution is 2.28. The summed E-state index contributed by atoms with van der Waals surface area (Å²) in [4.78, 5) is 44.2. The van der Waals surface area contributed by atoms with Gasteiger partial charge in [0.2, 0.25) is 5.91 Å². The predicted octanol–water partition coefficient (Wildman–Crippen LogP) is 4.15. The van der Waals surface area contributed by atoms with Gasteiger partial charge in [-0.25, -0.2) is 4.39 Å². The van der Waals surface area contributed by atoms with Crippen LogP contribution in [0.2, 0.25) is 0 Å². The molecule has 0 bridgehead atoms. The molecule has 2 aromatic carbocycles. The molecule has 2 heterocycles. The molecule has 2 aliphatic rings. The summed E-state index contributed by atoms with van der Waals surface area (Å²) in [5.41, 5.74) is 2.34. The van der Waals surface area contributed by atoms with E-state index < -0.39 is 5.82 Å². The monoisotopic (exact) mass is 480 g/mol. The molecule has 186 valence electrons. The highest BCUT2D eigenvalue weighted by Gasteiger charge is 2.26. The first-order valence-corrected chi connectivity index (χ1v) is 12.5. The van der Waals surface area contributed by atoms with Crippen molar-refractivity contribution in [2.24, 2.45) is 0 Å². The largest absolute Gasteiger partial charge is 0.369 e. The molecule has 4 rings (SSSR count). The van der Waals surface area contributed by atoms with E-state index in [4.69, 9.17) is 0 Å². The van der Waals surface area contributed by atoms with Gasteiger partial charge in [0, 0.05) is 62.6 Å². The minimum atomic E-state index is -0.427. The molecule has 3 amide bonds. The Balaban J connectivity index is 1.56. The number of amides is 3. The molecule has 0 atom stereocenters. The number of piperidine rings is 1. The van der Waals surface area contributed by atoms with Crippen LogP contribution in [0, 0.1) is 5.82 Å². The number of halogens is 1. The van der Waals surface area contributed by atoms with E-state index in [1.807, 2.05) is 17.0 Å². The van der Waals surface area contributed by atoms with Gasteiger partial charge in [-0.3, -0.25) is 14.4 Å². The third kappa shape index (κ3) is 5.99. The topological polar surface area (TPSA) is 73.0 Å². The van der Waals surface area contributed by atoms with Gasteiger partial charge in [0.15, 0.2) is 0 Å². The van der Waals surface area contributed by atoms with E-state index in [2.05, 4.69) is 10.2 Å². The van der Waals surface area contributed by atoms with Crippen molar-refractivity contribution in [3.05, 3.63) is 59.4 Å². The number of likely N-dealkylation sites (tertiary alicyclic amines) is 1. The van der Waals surface area contributed by atoms with E-state index in [1.54, 1.807) is 30.0 Å². The van der Waals surface area contributed by atoms with Gasteiger partial charge in [-0.1, -0.05) is 13.0 Å². The number of hydrogen-bond donors (Lipinski definition) is 1. The summed E-state index contributed by atoms with van der Waals surface area (Å²) in [5, 5.41) is 2.87. The summed E-state index contributed by atoms with van der Waals surface area (Å²) >= 11 is 0. The van der Waals surface area contributed by atoms with Gasteiger partial charge in [-0.2, -0.15) is 0 Å². The fraction of sp³-hybridized carbons (Fsp3) is 0.444. The third-order valence-electron chi connectivity index (χ3n) is 6.67. The Morgan fingerprint density at radius 3 is 2.31 bits per heavy atom. The van der Waals surface area contributed by atoms with E-state index in [9.17, 15) is 18.8 Å². The Labute approximate surface area is 205 Å². The zero-order chi connectivity index (χ0) is 24.8. The quantitative estimate of drug-likeness (QED) is 0.698. The molecule has 0 radical (unpaired) electrons. The maximum absolute atomic E-state index is 13.6. The van der Waals surface area contributed by atoms with Gasteiger partial charge >= 0.3 is 0 Å². The van der Waals surface area contributed by atoms with Crippen LogP contribution in [0.25, 0.3) is 0 Å². The second kappa shape index (κ2) is 11.3. The molecule has 0 spiro atoms. The summed E-state index contributed by atoms with van der Waals surface area (Å²) in [6.07, 6.45) is 4.21. The van der Waals surface area contributed by atoms with Crippen molar-refractivity contribution in [1.29, 1.82) is 0 Å². The summed E-state index contributed by atoms with van der Waals surface area (Å²) in [5.74, 6) is -0.739. The number of rotatable bonds is 5. The lowest BCUT2D eigenvalue weighted by atomic mass is 10.1. The highest BCUT2D eigenvalue weighted by atomic mass is 19.1. The average molecular weight is 481 g/mol. The standard InChI is InChI=1S/C27H33FN4O3/c1-2-25(33)29-22-10-11-24(23(19-22)27(35)31-12-4-3-5-13-31)30-14-7-15-32(17-16-30)26(34)20-8-6-9-21(28)18-20/h6,8-11,18-19H,2-5,7,12-17H2,1H3,(H,29,33). The minimum Gasteiger partial charge on any atom is -0.369 e. The molecule has 0 saturated carbocycles. The Hall–Kier alpha value is -3.42. The van der Waals surface area contributed by atoms with E-state index >= 15 is 0 Å². The Bertz CT molecular complexity index is 1080. The second-order valence-corrected chi connectivity index (χ2v) is 9.13. The van der Waals surface area contributed by atoms with Crippen molar-refractivity contribution >= 4 is 29.1 Å². The van der Waals surface area contributed by atoms with Crippen LogP contribution >= 0.6 is 0 Å². The number of carbonyl (C=O) groups excluding carboxylic acids is 3. The average Bonchev–Trinajstić information content (AvgIpc) is 3.14. The van der Waals surface area contributed by atoms with Crippen LogP contribution in [0.5, 0.6) is 0 Å². The molecule has 35 heavy (non-hydrogen) atoms. The minimum absolute atomic E-state index is 0.0239. The lowest BCUT2D eigenvalue weighted by molar-refractivity contribution is -0.115. The molecule has 8 heteroatoms. The molecule has 2 aromatic rings. The van der Waals surface area contributed by atoms with Crippen LogP contribution in [-0.2, 0) is 4.79 Å². The summed E-state index contributed by atoms with van der Waals surface area (Å²) < 4.78 is 13.6. The van der Waals surface area contributed by atoms with E-state index in [0.717, 1.165) is 44.5 Å². The van der Waals surface area contributed by atoms with Crippen LogP contribution in [-0.4, -0.2) is 66.8 Å². The lowest BCUT2D eigenvalue weighted by Gasteiger charge is -2.30. The van der Waals surface area contributed by atoms with Crippen LogP contribution in [0.15, 0.2) is 42.5 Å². The molecule has 2 aliphatic heterocycles. The first-order chi connectivity index (χ1) is 17.0. The van der Waals surface area contributed by atoms with E-state index in [0.29, 0.717) is 49.4 Å². The number of benzene rings is 2. The number of nitrogens with zero attached hydrogens (tertiary/aromatic N) is 3. The number of anilines is 2. The Kier molecular flexibility index (Phi) is 8.00. The van der Waals surface area contributed by atoms with Crippen molar-refractivity contribution in [3.63, 3.8) is 0 Å². The summed E-state index contributed by atoms with van der Waals surface area (Å²) in [6.45, 7) is 5.54. The molecule has 2 saturated heterocycles. The van der Waals surface area contributed by atoms with Crippen LogP contribution in [0.4, 0.5) is 15.8 Å². The van der Waals surface area contributed by atoms with Gasteiger partial charge in [0.05, 0.1) is 5.56 Å². The van der Waals surface area contributed by atoms with Gasteiger partial charge < -0.3 is 20.0 Å². The molecule has 2 fully saturated rings. The van der Waals surface area contributed by atoms with Crippen LogP contribution in [0.1, 0.15) is 59.7 Å². The highest BCUT2D eigenvalue weighted by molar-refractivity contribution is 6.02. The van der Waals surface area contributed by atoms with Gasteiger partial charge in [-0.05, 0) is 62.1 Å². The van der Waals surface area contributed by atoms with Crippen molar-refractivity contribution in [2.45, 2.75) is 39.0 Å². The molecule has 0 unspecified atom stereocenters. The maximum atomic E-state index is 13.6. The van der Waals surface area contributed by atoms with Crippen molar-refractivity contribution in [2.75, 3.05) is 49.5 Å². The third-order valence-corrected chi connectivity index (χ3v) is 6.67. The van der Waals surface area contributed by atoms with Crippen molar-refractivity contribution < 1.29 is 18.8 Å². The molecule has 1 N–H and O–H groups in total. The first kappa shape index (κ1) is 24.7. The first-order valence-electron chi connectivity index (χ1n) is 12.5. The Morgan fingerprint density at radius 1 is 0.829 bits per heavy atom.